The van der Waals surface area contributed by atoms with Crippen LogP contribution in [0.3, 0.4) is 0 Å². The zero-order valence-electron chi connectivity index (χ0n) is 18.0. The lowest BCUT2D eigenvalue weighted by molar-refractivity contribution is -0.134. The van der Waals surface area contributed by atoms with Gasteiger partial charge in [0.15, 0.2) is 6.61 Å². The summed E-state index contributed by atoms with van der Waals surface area (Å²) in [5.74, 6) is 0.909. The van der Waals surface area contributed by atoms with Gasteiger partial charge in [-0.2, -0.15) is 0 Å². The highest BCUT2D eigenvalue weighted by Crippen LogP contribution is 2.15. The number of aromatic nitrogens is 2. The number of carbonyl (C=O) groups is 1. The van der Waals surface area contributed by atoms with Gasteiger partial charge in [-0.05, 0) is 41.8 Å². The number of rotatable bonds is 8. The van der Waals surface area contributed by atoms with Crippen molar-refractivity contribution in [3.63, 3.8) is 0 Å². The summed E-state index contributed by atoms with van der Waals surface area (Å²) in [4.78, 5) is 34.6. The van der Waals surface area contributed by atoms with E-state index in [2.05, 4.69) is 16.9 Å². The quantitative estimate of drug-likeness (QED) is 0.460. The van der Waals surface area contributed by atoms with Gasteiger partial charge in [0.05, 0.1) is 17.4 Å². The number of aromatic amines is 1. The number of benzene rings is 3. The van der Waals surface area contributed by atoms with Gasteiger partial charge in [0.2, 0.25) is 0 Å². The van der Waals surface area contributed by atoms with Crippen LogP contribution in [-0.4, -0.2) is 27.4 Å². The number of amides is 1. The van der Waals surface area contributed by atoms with Crippen LogP contribution in [0.2, 0.25) is 0 Å². The fourth-order valence-electron chi connectivity index (χ4n) is 3.52. The minimum atomic E-state index is -0.217. The molecule has 0 aliphatic heterocycles. The fourth-order valence-corrected chi connectivity index (χ4v) is 3.52. The summed E-state index contributed by atoms with van der Waals surface area (Å²) in [6, 6.07) is 24.6. The maximum absolute atomic E-state index is 13.1. The lowest BCUT2D eigenvalue weighted by Gasteiger charge is -2.22. The Morgan fingerprint density at radius 3 is 2.50 bits per heavy atom. The van der Waals surface area contributed by atoms with Gasteiger partial charge in [0, 0.05) is 6.54 Å². The van der Waals surface area contributed by atoms with Gasteiger partial charge in [0.25, 0.3) is 11.5 Å². The molecule has 4 aromatic rings. The second-order valence-corrected chi connectivity index (χ2v) is 7.55. The Bertz CT molecular complexity index is 1270. The number of ether oxygens (including phenoxy) is 1. The average molecular weight is 428 g/mol. The Balaban J connectivity index is 1.55. The zero-order chi connectivity index (χ0) is 22.3. The van der Waals surface area contributed by atoms with Crippen LogP contribution in [0.15, 0.2) is 83.7 Å². The fraction of sp³-hybridized carbons (Fsp3) is 0.192. The Hall–Kier alpha value is -3.93. The molecule has 0 spiro atoms. The summed E-state index contributed by atoms with van der Waals surface area (Å²) in [5.41, 5.74) is 2.52. The predicted octanol–water partition coefficient (Wildman–Crippen LogP) is 4.09. The first-order valence-corrected chi connectivity index (χ1v) is 10.6. The number of nitrogens with zero attached hydrogens (tertiary/aromatic N) is 2. The number of fused-ring (bicyclic) bond motifs is 1. The summed E-state index contributed by atoms with van der Waals surface area (Å²) in [6.07, 6.45) is 0.895. The summed E-state index contributed by atoms with van der Waals surface area (Å²) in [6.45, 7) is 2.53. The van der Waals surface area contributed by atoms with Gasteiger partial charge >= 0.3 is 0 Å². The number of H-pyrrole nitrogens is 1. The third-order valence-electron chi connectivity index (χ3n) is 5.24. The third kappa shape index (κ3) is 5.21. The van der Waals surface area contributed by atoms with Crippen LogP contribution >= 0.6 is 0 Å². The van der Waals surface area contributed by atoms with E-state index in [4.69, 9.17) is 4.74 Å². The number of carbonyl (C=O) groups excluding carboxylic acids is 1. The van der Waals surface area contributed by atoms with Crippen molar-refractivity contribution in [1.29, 1.82) is 0 Å². The molecule has 0 saturated carbocycles. The van der Waals surface area contributed by atoms with E-state index in [1.54, 1.807) is 23.1 Å². The lowest BCUT2D eigenvalue weighted by Crippen LogP contribution is -2.35. The van der Waals surface area contributed by atoms with E-state index in [1.807, 2.05) is 60.7 Å². The number of para-hydroxylation sites is 1. The molecule has 0 aliphatic rings. The Labute approximate surface area is 186 Å². The van der Waals surface area contributed by atoms with Crippen LogP contribution in [0.4, 0.5) is 0 Å². The van der Waals surface area contributed by atoms with Gasteiger partial charge in [-0.1, -0.05) is 61.5 Å². The maximum atomic E-state index is 13.1. The third-order valence-corrected chi connectivity index (χ3v) is 5.24. The van der Waals surface area contributed by atoms with Crippen molar-refractivity contribution < 1.29 is 9.53 Å². The van der Waals surface area contributed by atoms with Crippen molar-refractivity contribution in [2.75, 3.05) is 6.61 Å². The van der Waals surface area contributed by atoms with Gasteiger partial charge in [-0.15, -0.1) is 0 Å². The first kappa shape index (κ1) is 21.3. The average Bonchev–Trinajstić information content (AvgIpc) is 2.83. The van der Waals surface area contributed by atoms with Gasteiger partial charge < -0.3 is 14.6 Å². The maximum Gasteiger partial charge on any atom is 0.261 e. The first-order valence-electron chi connectivity index (χ1n) is 10.6. The molecule has 1 heterocycles. The van der Waals surface area contributed by atoms with E-state index >= 15 is 0 Å². The molecule has 6 heteroatoms. The van der Waals surface area contributed by atoms with Crippen LogP contribution in [-0.2, 0) is 24.3 Å². The van der Waals surface area contributed by atoms with E-state index in [0.717, 1.165) is 17.5 Å². The highest BCUT2D eigenvalue weighted by atomic mass is 16.5. The van der Waals surface area contributed by atoms with E-state index in [-0.39, 0.29) is 24.6 Å². The molecular formula is C26H25N3O3. The predicted molar refractivity (Wildman–Crippen MR) is 124 cm³/mol. The molecular weight excluding hydrogens is 402 g/mol. The van der Waals surface area contributed by atoms with Gasteiger partial charge in [-0.25, -0.2) is 4.98 Å². The van der Waals surface area contributed by atoms with E-state index < -0.39 is 0 Å². The van der Waals surface area contributed by atoms with Crippen LogP contribution in [0, 0.1) is 0 Å². The second-order valence-electron chi connectivity index (χ2n) is 7.55. The monoisotopic (exact) mass is 427 g/mol. The highest BCUT2D eigenvalue weighted by Gasteiger charge is 2.17. The molecule has 0 saturated heterocycles. The standard InChI is InChI=1S/C26H25N3O3/c1-2-19-11-8-12-21(15-19)32-18-25(30)29(16-20-9-4-3-5-10-20)17-24-27-23-14-7-6-13-22(23)26(31)28-24/h3-15H,2,16-18H2,1H3,(H,27,28,31). The highest BCUT2D eigenvalue weighted by molar-refractivity contribution is 5.78. The largest absolute Gasteiger partial charge is 0.484 e. The molecule has 162 valence electrons. The minimum Gasteiger partial charge on any atom is -0.484 e. The Morgan fingerprint density at radius 1 is 0.938 bits per heavy atom. The van der Waals surface area contributed by atoms with E-state index in [0.29, 0.717) is 29.0 Å². The molecule has 6 nitrogen and oxygen atoms in total. The molecule has 1 aromatic heterocycles. The molecule has 0 unspecified atom stereocenters. The van der Waals surface area contributed by atoms with Gasteiger partial charge in [-0.3, -0.25) is 9.59 Å². The number of hydrogen-bond donors (Lipinski definition) is 1. The van der Waals surface area contributed by atoms with Crippen LogP contribution in [0.25, 0.3) is 10.9 Å². The molecule has 0 radical (unpaired) electrons. The molecule has 3 aromatic carbocycles. The van der Waals surface area contributed by atoms with Crippen molar-refractivity contribution in [2.45, 2.75) is 26.4 Å². The smallest absolute Gasteiger partial charge is 0.261 e. The lowest BCUT2D eigenvalue weighted by atomic mass is 10.2. The van der Waals surface area contributed by atoms with Crippen LogP contribution in [0.5, 0.6) is 5.75 Å². The summed E-state index contributed by atoms with van der Waals surface area (Å²) < 4.78 is 5.78. The number of nitrogens with one attached hydrogen (secondary N) is 1. The molecule has 0 atom stereocenters. The number of hydrogen-bond acceptors (Lipinski definition) is 4. The molecule has 32 heavy (non-hydrogen) atoms. The zero-order valence-corrected chi connectivity index (χ0v) is 18.0. The molecule has 1 N–H and O–H groups in total. The van der Waals surface area contributed by atoms with Crippen LogP contribution in [0.1, 0.15) is 23.9 Å². The van der Waals surface area contributed by atoms with Crippen molar-refractivity contribution in [3.05, 3.63) is 106 Å². The van der Waals surface area contributed by atoms with Crippen molar-refractivity contribution >= 4 is 16.8 Å². The van der Waals surface area contributed by atoms with E-state index in [1.165, 1.54) is 0 Å². The summed E-state index contributed by atoms with van der Waals surface area (Å²) >= 11 is 0. The van der Waals surface area contributed by atoms with Gasteiger partial charge in [0.1, 0.15) is 11.6 Å². The SMILES string of the molecule is CCc1cccc(OCC(=O)N(Cc2ccccc2)Cc2nc3ccccc3c(=O)[nH]2)c1. The Morgan fingerprint density at radius 2 is 1.69 bits per heavy atom. The normalized spacial score (nSPS) is 10.8. The molecule has 0 fully saturated rings. The second kappa shape index (κ2) is 9.92. The van der Waals surface area contributed by atoms with Crippen molar-refractivity contribution in [3.8, 4) is 5.75 Å². The molecule has 1 amide bonds. The van der Waals surface area contributed by atoms with Crippen LogP contribution < -0.4 is 10.3 Å². The van der Waals surface area contributed by atoms with E-state index in [9.17, 15) is 9.59 Å². The molecule has 0 aliphatic carbocycles. The minimum absolute atomic E-state index is 0.0994. The topological polar surface area (TPSA) is 75.3 Å². The number of aryl methyl sites for hydroxylation is 1. The van der Waals surface area contributed by atoms with Crippen molar-refractivity contribution in [1.82, 2.24) is 14.9 Å². The summed E-state index contributed by atoms with van der Waals surface area (Å²) in [7, 11) is 0. The Kier molecular flexibility index (Phi) is 6.60. The summed E-state index contributed by atoms with van der Waals surface area (Å²) in [5, 5.41) is 0.524. The van der Waals surface area contributed by atoms with Crippen molar-refractivity contribution in [2.24, 2.45) is 0 Å². The first-order chi connectivity index (χ1) is 15.6. The molecule has 0 bridgehead atoms. The molecule has 4 rings (SSSR count).